The van der Waals surface area contributed by atoms with Gasteiger partial charge in [-0.05, 0) is 73.6 Å². The molecule has 0 unspecified atom stereocenters. The van der Waals surface area contributed by atoms with Gasteiger partial charge in [-0.2, -0.15) is 0 Å². The zero-order valence-electron chi connectivity index (χ0n) is 19.9. The van der Waals surface area contributed by atoms with E-state index < -0.39 is 0 Å². The Kier molecular flexibility index (Phi) is 7.80. The van der Waals surface area contributed by atoms with Gasteiger partial charge >= 0.3 is 0 Å². The Morgan fingerprint density at radius 3 is 1.88 bits per heavy atom. The molecule has 0 fully saturated rings. The summed E-state index contributed by atoms with van der Waals surface area (Å²) in [6.45, 7) is 10.1. The fourth-order valence-electron chi connectivity index (χ4n) is 4.22. The molecule has 1 nitrogen and oxygen atoms in total. The molecule has 0 radical (unpaired) electrons. The number of halogens is 1. The van der Waals surface area contributed by atoms with Crippen molar-refractivity contribution < 1.29 is 9.18 Å². The van der Waals surface area contributed by atoms with E-state index in [9.17, 15) is 4.79 Å². The summed E-state index contributed by atoms with van der Waals surface area (Å²) in [5.74, 6) is -0.112. The molecule has 3 aromatic rings. The summed E-state index contributed by atoms with van der Waals surface area (Å²) in [5, 5.41) is 0. The van der Waals surface area contributed by atoms with Gasteiger partial charge in [-0.25, -0.2) is 4.39 Å². The normalized spacial score (nSPS) is 11.9. The summed E-state index contributed by atoms with van der Waals surface area (Å²) >= 11 is 0. The smallest absolute Gasteiger partial charge is 0.163 e. The quantitative estimate of drug-likeness (QED) is 0.328. The van der Waals surface area contributed by atoms with E-state index in [1.807, 2.05) is 51.1 Å². The molecule has 0 aliphatic heterocycles. The first-order valence-electron chi connectivity index (χ1n) is 11.6. The van der Waals surface area contributed by atoms with Crippen molar-refractivity contribution in [3.05, 3.63) is 88.7 Å². The Hall–Kier alpha value is -3.00. The molecule has 32 heavy (non-hydrogen) atoms. The van der Waals surface area contributed by atoms with Gasteiger partial charge in [0.25, 0.3) is 0 Å². The van der Waals surface area contributed by atoms with Gasteiger partial charge in [-0.15, -0.1) is 0 Å². The predicted octanol–water partition coefficient (Wildman–Crippen LogP) is 8.72. The van der Waals surface area contributed by atoms with Gasteiger partial charge in [0, 0.05) is 17.6 Å². The second-order valence-corrected chi connectivity index (χ2v) is 8.67. The lowest BCUT2D eigenvalue weighted by Gasteiger charge is -2.16. The summed E-state index contributed by atoms with van der Waals surface area (Å²) in [5.41, 5.74) is 8.31. The number of carbonyl (C=O) groups excluding carboxylic acids is 1. The summed E-state index contributed by atoms with van der Waals surface area (Å²) in [4.78, 5) is 13.0. The number of benzene rings is 3. The highest BCUT2D eigenvalue weighted by Crippen LogP contribution is 2.34. The van der Waals surface area contributed by atoms with E-state index >= 15 is 4.39 Å². The van der Waals surface area contributed by atoms with Gasteiger partial charge in [-0.3, -0.25) is 4.79 Å². The SMILES string of the molecule is CCCC(=O)/C(=C(/C)CCC)c1cc(-c2ccc(-c3ccc(C)cc3)cc2)c(F)cc1C. The van der Waals surface area contributed by atoms with Crippen LogP contribution in [0.3, 0.4) is 0 Å². The number of carbonyl (C=O) groups is 1. The third-order valence-electron chi connectivity index (χ3n) is 5.97. The van der Waals surface area contributed by atoms with Crippen LogP contribution in [0.15, 0.2) is 66.2 Å². The largest absolute Gasteiger partial charge is 0.294 e. The molecule has 0 amide bonds. The van der Waals surface area contributed by atoms with Crippen LogP contribution in [0.5, 0.6) is 0 Å². The minimum absolute atomic E-state index is 0.147. The van der Waals surface area contributed by atoms with Crippen LogP contribution >= 0.6 is 0 Å². The number of hydrogen-bond donors (Lipinski definition) is 0. The summed E-state index contributed by atoms with van der Waals surface area (Å²) in [6, 6.07) is 19.8. The molecule has 0 N–H and O–H groups in total. The van der Waals surface area contributed by atoms with Crippen molar-refractivity contribution in [2.45, 2.75) is 60.3 Å². The van der Waals surface area contributed by atoms with Gasteiger partial charge in [-0.1, -0.05) is 79.9 Å². The van der Waals surface area contributed by atoms with Crippen LogP contribution in [0.1, 0.15) is 63.1 Å². The lowest BCUT2D eigenvalue weighted by molar-refractivity contribution is -0.113. The summed E-state index contributed by atoms with van der Waals surface area (Å²) in [6.07, 6.45) is 3.15. The molecule has 3 rings (SSSR count). The molecular formula is C30H33FO. The van der Waals surface area contributed by atoms with E-state index in [0.717, 1.165) is 58.2 Å². The monoisotopic (exact) mass is 428 g/mol. The molecule has 3 aromatic carbocycles. The molecule has 0 aliphatic rings. The molecule has 0 atom stereocenters. The molecule has 0 bridgehead atoms. The fraction of sp³-hybridized carbons (Fsp3) is 0.300. The van der Waals surface area contributed by atoms with Crippen LogP contribution in [-0.2, 0) is 4.79 Å². The van der Waals surface area contributed by atoms with Crippen LogP contribution in [0.4, 0.5) is 4.39 Å². The first-order valence-corrected chi connectivity index (χ1v) is 11.6. The highest BCUT2D eigenvalue weighted by molar-refractivity contribution is 6.22. The van der Waals surface area contributed by atoms with Crippen molar-refractivity contribution in [1.29, 1.82) is 0 Å². The van der Waals surface area contributed by atoms with E-state index in [1.54, 1.807) is 6.07 Å². The van der Waals surface area contributed by atoms with E-state index in [4.69, 9.17) is 0 Å². The standard InChI is InChI=1S/C30H33FO/c1-6-8-21(4)30(29(32)9-7-2)26-19-27(28(31)18-22(26)5)25-16-14-24(15-17-25)23-12-10-20(3)11-13-23/h10-19H,6-9H2,1-5H3/b30-21-. The van der Waals surface area contributed by atoms with Gasteiger partial charge in [0.2, 0.25) is 0 Å². The topological polar surface area (TPSA) is 17.1 Å². The molecule has 0 aliphatic carbocycles. The third-order valence-corrected chi connectivity index (χ3v) is 5.97. The van der Waals surface area contributed by atoms with Gasteiger partial charge in [0.1, 0.15) is 5.82 Å². The van der Waals surface area contributed by atoms with Crippen LogP contribution in [0, 0.1) is 19.7 Å². The molecule has 166 valence electrons. The van der Waals surface area contributed by atoms with Crippen LogP contribution in [0.2, 0.25) is 0 Å². The Labute approximate surface area is 192 Å². The van der Waals surface area contributed by atoms with E-state index in [2.05, 4.69) is 38.1 Å². The minimum atomic E-state index is -0.259. The average molecular weight is 429 g/mol. The van der Waals surface area contributed by atoms with Crippen LogP contribution in [0.25, 0.3) is 27.8 Å². The Morgan fingerprint density at radius 2 is 1.31 bits per heavy atom. The maximum absolute atomic E-state index is 15.0. The van der Waals surface area contributed by atoms with Crippen molar-refractivity contribution in [3.63, 3.8) is 0 Å². The molecule has 0 heterocycles. The zero-order valence-corrected chi connectivity index (χ0v) is 19.9. The van der Waals surface area contributed by atoms with Crippen molar-refractivity contribution in [2.75, 3.05) is 0 Å². The first kappa shape index (κ1) is 23.7. The zero-order chi connectivity index (χ0) is 23.3. The number of aryl methyl sites for hydroxylation is 2. The summed E-state index contributed by atoms with van der Waals surface area (Å²) < 4.78 is 15.0. The molecule has 2 heteroatoms. The molecule has 0 aromatic heterocycles. The van der Waals surface area contributed by atoms with Crippen molar-refractivity contribution in [3.8, 4) is 22.3 Å². The first-order chi connectivity index (χ1) is 15.3. The Balaban J connectivity index is 2.07. The van der Waals surface area contributed by atoms with Gasteiger partial charge in [0.05, 0.1) is 0 Å². The van der Waals surface area contributed by atoms with E-state index in [-0.39, 0.29) is 11.6 Å². The molecular weight excluding hydrogens is 395 g/mol. The number of hydrogen-bond acceptors (Lipinski definition) is 1. The van der Waals surface area contributed by atoms with Crippen LogP contribution in [-0.4, -0.2) is 5.78 Å². The van der Waals surface area contributed by atoms with E-state index in [0.29, 0.717) is 12.0 Å². The van der Waals surface area contributed by atoms with Crippen molar-refractivity contribution in [1.82, 2.24) is 0 Å². The van der Waals surface area contributed by atoms with Gasteiger partial charge < -0.3 is 0 Å². The van der Waals surface area contributed by atoms with E-state index in [1.165, 1.54) is 5.56 Å². The highest BCUT2D eigenvalue weighted by atomic mass is 19.1. The predicted molar refractivity (Wildman–Crippen MR) is 134 cm³/mol. The lowest BCUT2D eigenvalue weighted by atomic mass is 9.87. The maximum Gasteiger partial charge on any atom is 0.163 e. The second-order valence-electron chi connectivity index (χ2n) is 8.67. The van der Waals surface area contributed by atoms with Crippen LogP contribution < -0.4 is 0 Å². The second kappa shape index (κ2) is 10.5. The van der Waals surface area contributed by atoms with Crippen molar-refractivity contribution >= 4 is 11.4 Å². The highest BCUT2D eigenvalue weighted by Gasteiger charge is 2.19. The molecule has 0 saturated carbocycles. The molecule has 0 spiro atoms. The van der Waals surface area contributed by atoms with Crippen molar-refractivity contribution in [2.24, 2.45) is 0 Å². The number of rotatable bonds is 8. The Morgan fingerprint density at radius 1 is 0.781 bits per heavy atom. The fourth-order valence-corrected chi connectivity index (χ4v) is 4.22. The minimum Gasteiger partial charge on any atom is -0.294 e. The third kappa shape index (κ3) is 5.24. The Bertz CT molecular complexity index is 1120. The van der Waals surface area contributed by atoms with Gasteiger partial charge in [0.15, 0.2) is 5.78 Å². The average Bonchev–Trinajstić information content (AvgIpc) is 2.76. The summed E-state index contributed by atoms with van der Waals surface area (Å²) in [7, 11) is 0. The number of Topliss-reactive ketones (excluding diaryl/α,β-unsaturated/α-hetero) is 1. The maximum atomic E-state index is 15.0. The lowest BCUT2D eigenvalue weighted by Crippen LogP contribution is -2.07. The number of allylic oxidation sites excluding steroid dienone is 2. The number of ketones is 1. The molecule has 0 saturated heterocycles.